The molecular formula is C12H21N3S. The highest BCUT2D eigenvalue weighted by Crippen LogP contribution is 2.33. The molecule has 0 N–H and O–H groups in total. The average molecular weight is 239 g/mol. The molecule has 0 aliphatic carbocycles. The number of nitrogens with zero attached hydrogens (tertiary/aromatic N) is 3. The first-order chi connectivity index (χ1) is 7.39. The van der Waals surface area contributed by atoms with Crippen LogP contribution in [0, 0.1) is 0 Å². The summed E-state index contributed by atoms with van der Waals surface area (Å²) in [6.07, 6.45) is 2.54. The molecule has 2 heterocycles. The molecular weight excluding hydrogens is 218 g/mol. The van der Waals surface area contributed by atoms with Crippen LogP contribution in [0.5, 0.6) is 0 Å². The van der Waals surface area contributed by atoms with E-state index < -0.39 is 0 Å². The molecule has 2 unspecified atom stereocenters. The van der Waals surface area contributed by atoms with Crippen molar-refractivity contribution in [3.05, 3.63) is 5.82 Å². The summed E-state index contributed by atoms with van der Waals surface area (Å²) in [6, 6.07) is 1.21. The van der Waals surface area contributed by atoms with Gasteiger partial charge in [-0.2, -0.15) is 4.37 Å². The van der Waals surface area contributed by atoms with Crippen LogP contribution in [-0.2, 0) is 5.41 Å². The highest BCUT2D eigenvalue weighted by atomic mass is 32.1. The molecule has 4 heteroatoms. The molecule has 1 saturated heterocycles. The topological polar surface area (TPSA) is 29.0 Å². The Hall–Kier alpha value is -0.640. The van der Waals surface area contributed by atoms with Crippen molar-refractivity contribution in [1.29, 1.82) is 0 Å². The molecule has 2 atom stereocenters. The molecule has 1 aromatic rings. The average Bonchev–Trinajstić information content (AvgIpc) is 2.72. The van der Waals surface area contributed by atoms with Gasteiger partial charge in [0.2, 0.25) is 5.13 Å². The van der Waals surface area contributed by atoms with E-state index in [1.165, 1.54) is 12.8 Å². The zero-order valence-corrected chi connectivity index (χ0v) is 11.6. The van der Waals surface area contributed by atoms with Crippen LogP contribution in [-0.4, -0.2) is 21.4 Å². The van der Waals surface area contributed by atoms with E-state index in [1.54, 1.807) is 11.5 Å². The fourth-order valence-electron chi connectivity index (χ4n) is 2.20. The minimum absolute atomic E-state index is 0.0565. The fraction of sp³-hybridized carbons (Fsp3) is 0.833. The summed E-state index contributed by atoms with van der Waals surface area (Å²) in [6.45, 7) is 11.0. The quantitative estimate of drug-likeness (QED) is 0.753. The van der Waals surface area contributed by atoms with Gasteiger partial charge in [-0.05, 0) is 26.7 Å². The number of hydrogen-bond acceptors (Lipinski definition) is 4. The molecule has 1 aromatic heterocycles. The number of aromatic nitrogens is 2. The summed E-state index contributed by atoms with van der Waals surface area (Å²) in [5.41, 5.74) is 0.0565. The highest BCUT2D eigenvalue weighted by molar-refractivity contribution is 7.09. The van der Waals surface area contributed by atoms with Crippen molar-refractivity contribution in [3.63, 3.8) is 0 Å². The minimum atomic E-state index is 0.0565. The lowest BCUT2D eigenvalue weighted by Gasteiger charge is -2.25. The van der Waals surface area contributed by atoms with Crippen molar-refractivity contribution >= 4 is 16.7 Å². The second-order valence-corrected chi connectivity index (χ2v) is 6.56. The molecule has 0 amide bonds. The van der Waals surface area contributed by atoms with Gasteiger partial charge >= 0.3 is 0 Å². The van der Waals surface area contributed by atoms with Crippen LogP contribution in [0.1, 0.15) is 53.3 Å². The number of rotatable bonds is 1. The Morgan fingerprint density at radius 1 is 1.19 bits per heavy atom. The monoisotopic (exact) mass is 239 g/mol. The van der Waals surface area contributed by atoms with E-state index in [-0.39, 0.29) is 5.41 Å². The lowest BCUT2D eigenvalue weighted by Crippen LogP contribution is -2.32. The summed E-state index contributed by atoms with van der Waals surface area (Å²) in [5, 5.41) is 1.10. The van der Waals surface area contributed by atoms with Crippen LogP contribution in [0.2, 0.25) is 0 Å². The van der Waals surface area contributed by atoms with Gasteiger partial charge in [-0.25, -0.2) is 4.98 Å². The predicted octanol–water partition coefficient (Wildman–Crippen LogP) is 3.21. The normalized spacial score (nSPS) is 26.4. The number of hydrogen-bond donors (Lipinski definition) is 0. The molecule has 0 radical (unpaired) electrons. The van der Waals surface area contributed by atoms with E-state index in [2.05, 4.69) is 43.9 Å². The van der Waals surface area contributed by atoms with E-state index in [0.717, 1.165) is 11.0 Å². The Bertz CT molecular complexity index is 357. The van der Waals surface area contributed by atoms with Gasteiger partial charge in [-0.1, -0.05) is 20.8 Å². The van der Waals surface area contributed by atoms with Crippen LogP contribution in [0.25, 0.3) is 0 Å². The van der Waals surface area contributed by atoms with Gasteiger partial charge in [0, 0.05) is 29.0 Å². The predicted molar refractivity (Wildman–Crippen MR) is 69.2 cm³/mol. The van der Waals surface area contributed by atoms with E-state index in [4.69, 9.17) is 4.98 Å². The van der Waals surface area contributed by atoms with Crippen molar-refractivity contribution in [2.75, 3.05) is 4.90 Å². The van der Waals surface area contributed by atoms with Crippen LogP contribution >= 0.6 is 11.5 Å². The molecule has 16 heavy (non-hydrogen) atoms. The summed E-state index contributed by atoms with van der Waals surface area (Å²) < 4.78 is 4.49. The third kappa shape index (κ3) is 2.08. The van der Waals surface area contributed by atoms with Crippen LogP contribution in [0.15, 0.2) is 0 Å². The maximum absolute atomic E-state index is 4.70. The lowest BCUT2D eigenvalue weighted by atomic mass is 9.96. The molecule has 0 bridgehead atoms. The standard InChI is InChI=1S/C12H21N3S/c1-8-6-7-9(2)15(8)11-13-10(14-16-11)12(3,4)5/h8-9H,6-7H2,1-5H3. The van der Waals surface area contributed by atoms with Crippen molar-refractivity contribution in [1.82, 2.24) is 9.36 Å². The Morgan fingerprint density at radius 3 is 2.19 bits per heavy atom. The van der Waals surface area contributed by atoms with Gasteiger partial charge < -0.3 is 4.90 Å². The molecule has 1 aliphatic heterocycles. The second-order valence-electron chi connectivity index (χ2n) is 5.83. The number of anilines is 1. The first kappa shape index (κ1) is 11.8. The first-order valence-electron chi connectivity index (χ1n) is 6.02. The van der Waals surface area contributed by atoms with E-state index in [0.29, 0.717) is 12.1 Å². The van der Waals surface area contributed by atoms with Gasteiger partial charge in [0.15, 0.2) is 0 Å². The van der Waals surface area contributed by atoms with Gasteiger partial charge in [0.05, 0.1) is 0 Å². The summed E-state index contributed by atoms with van der Waals surface area (Å²) in [4.78, 5) is 7.12. The molecule has 90 valence electrons. The van der Waals surface area contributed by atoms with Crippen molar-refractivity contribution in [2.45, 2.75) is 65.0 Å². The van der Waals surface area contributed by atoms with Gasteiger partial charge in [-0.15, -0.1) is 0 Å². The van der Waals surface area contributed by atoms with Crippen molar-refractivity contribution < 1.29 is 0 Å². The van der Waals surface area contributed by atoms with Crippen molar-refractivity contribution in [2.24, 2.45) is 0 Å². The molecule has 3 nitrogen and oxygen atoms in total. The molecule has 1 aliphatic rings. The smallest absolute Gasteiger partial charge is 0.205 e. The molecule has 2 rings (SSSR count). The zero-order valence-electron chi connectivity index (χ0n) is 10.8. The van der Waals surface area contributed by atoms with Gasteiger partial charge in [-0.3, -0.25) is 0 Å². The molecule has 0 saturated carbocycles. The minimum Gasteiger partial charge on any atom is -0.341 e. The second kappa shape index (κ2) is 3.99. The maximum Gasteiger partial charge on any atom is 0.205 e. The molecule has 1 fully saturated rings. The Labute approximate surface area is 102 Å². The first-order valence-corrected chi connectivity index (χ1v) is 6.79. The van der Waals surface area contributed by atoms with E-state index in [1.807, 2.05) is 0 Å². The zero-order chi connectivity index (χ0) is 11.9. The van der Waals surface area contributed by atoms with Gasteiger partial charge in [0.25, 0.3) is 0 Å². The SMILES string of the molecule is CC1CCC(C)N1c1nc(C(C)(C)C)ns1. The largest absolute Gasteiger partial charge is 0.341 e. The van der Waals surface area contributed by atoms with Crippen molar-refractivity contribution in [3.8, 4) is 0 Å². The molecule has 0 spiro atoms. The Kier molecular flexibility index (Phi) is 2.95. The fourth-order valence-corrected chi connectivity index (χ4v) is 3.26. The highest BCUT2D eigenvalue weighted by Gasteiger charge is 2.31. The summed E-state index contributed by atoms with van der Waals surface area (Å²) in [5.74, 6) is 0.971. The Balaban J connectivity index is 2.25. The van der Waals surface area contributed by atoms with Crippen LogP contribution in [0.4, 0.5) is 5.13 Å². The maximum atomic E-state index is 4.70. The summed E-state index contributed by atoms with van der Waals surface area (Å²) in [7, 11) is 0. The van der Waals surface area contributed by atoms with Gasteiger partial charge in [0.1, 0.15) is 5.82 Å². The summed E-state index contributed by atoms with van der Waals surface area (Å²) >= 11 is 1.55. The third-order valence-electron chi connectivity index (χ3n) is 3.26. The molecule has 0 aromatic carbocycles. The third-order valence-corrected chi connectivity index (χ3v) is 3.99. The van der Waals surface area contributed by atoms with E-state index >= 15 is 0 Å². The van der Waals surface area contributed by atoms with Crippen LogP contribution < -0.4 is 4.90 Å². The van der Waals surface area contributed by atoms with Crippen LogP contribution in [0.3, 0.4) is 0 Å². The lowest BCUT2D eigenvalue weighted by molar-refractivity contribution is 0.552. The Morgan fingerprint density at radius 2 is 1.75 bits per heavy atom. The van der Waals surface area contributed by atoms with E-state index in [9.17, 15) is 0 Å².